The number of carbonyl (C=O) groups is 2. The number of anilines is 2. The van der Waals surface area contributed by atoms with E-state index in [9.17, 15) is 9.59 Å². The van der Waals surface area contributed by atoms with Gasteiger partial charge in [0, 0.05) is 18.5 Å². The van der Waals surface area contributed by atoms with Crippen molar-refractivity contribution in [2.75, 3.05) is 16.4 Å². The van der Waals surface area contributed by atoms with Gasteiger partial charge in [-0.2, -0.15) is 12.6 Å². The lowest BCUT2D eigenvalue weighted by Gasteiger charge is -2.27. The summed E-state index contributed by atoms with van der Waals surface area (Å²) in [7, 11) is 0. The van der Waals surface area contributed by atoms with Gasteiger partial charge in [-0.15, -0.1) is 0 Å². The van der Waals surface area contributed by atoms with Crippen molar-refractivity contribution in [2.24, 2.45) is 0 Å². The number of amides is 2. The summed E-state index contributed by atoms with van der Waals surface area (Å²) in [6.45, 7) is 0. The third-order valence-electron chi connectivity index (χ3n) is 2.78. The van der Waals surface area contributed by atoms with Crippen LogP contribution in [0.3, 0.4) is 0 Å². The fraction of sp³-hybridized carbons (Fsp3) is 0.333. The quantitative estimate of drug-likeness (QED) is 0.616. The number of hydrogen-bond donors (Lipinski definition) is 2. The van der Waals surface area contributed by atoms with Crippen LogP contribution in [-0.2, 0) is 16.0 Å². The smallest absolute Gasteiger partial charge is 0.234 e. The summed E-state index contributed by atoms with van der Waals surface area (Å²) in [5, 5.41) is 0. The molecule has 2 rings (SSSR count). The second-order valence-electron chi connectivity index (χ2n) is 3.98. The van der Waals surface area contributed by atoms with Crippen LogP contribution in [0.5, 0.6) is 0 Å². The van der Waals surface area contributed by atoms with Crippen molar-refractivity contribution in [2.45, 2.75) is 19.3 Å². The topological polar surface area (TPSA) is 63.4 Å². The average molecular weight is 250 g/mol. The van der Waals surface area contributed by atoms with E-state index in [0.717, 1.165) is 5.56 Å². The Morgan fingerprint density at radius 3 is 2.88 bits per heavy atom. The van der Waals surface area contributed by atoms with Crippen molar-refractivity contribution in [3.63, 3.8) is 0 Å². The van der Waals surface area contributed by atoms with Gasteiger partial charge < -0.3 is 5.73 Å². The van der Waals surface area contributed by atoms with Crippen molar-refractivity contribution in [1.29, 1.82) is 0 Å². The molecule has 4 nitrogen and oxygen atoms in total. The van der Waals surface area contributed by atoms with E-state index in [0.29, 0.717) is 30.0 Å². The molecule has 2 N–H and O–H groups in total. The summed E-state index contributed by atoms with van der Waals surface area (Å²) in [5.74, 6) is 0.0946. The molecule has 0 radical (unpaired) electrons. The number of benzene rings is 1. The molecule has 0 aromatic heterocycles. The summed E-state index contributed by atoms with van der Waals surface area (Å²) in [4.78, 5) is 24.9. The Balaban J connectivity index is 2.40. The van der Waals surface area contributed by atoms with Gasteiger partial charge in [0.15, 0.2) is 0 Å². The largest absolute Gasteiger partial charge is 0.399 e. The number of fused-ring (bicyclic) bond motifs is 1. The fourth-order valence-electron chi connectivity index (χ4n) is 1.99. The molecule has 0 unspecified atom stereocenters. The first kappa shape index (κ1) is 12.0. The summed E-state index contributed by atoms with van der Waals surface area (Å²) >= 11 is 4.02. The van der Waals surface area contributed by atoms with Crippen LogP contribution in [0, 0.1) is 0 Å². The second kappa shape index (κ2) is 4.79. The molecule has 1 heterocycles. The van der Waals surface area contributed by atoms with Crippen molar-refractivity contribution in [1.82, 2.24) is 0 Å². The molecule has 17 heavy (non-hydrogen) atoms. The van der Waals surface area contributed by atoms with Gasteiger partial charge in [-0.05, 0) is 35.9 Å². The second-order valence-corrected chi connectivity index (χ2v) is 4.43. The van der Waals surface area contributed by atoms with Crippen LogP contribution in [0.25, 0.3) is 0 Å². The van der Waals surface area contributed by atoms with Gasteiger partial charge in [0.2, 0.25) is 11.8 Å². The zero-order valence-electron chi connectivity index (χ0n) is 9.35. The summed E-state index contributed by atoms with van der Waals surface area (Å²) in [6, 6.07) is 5.26. The maximum atomic E-state index is 11.9. The molecule has 0 saturated carbocycles. The van der Waals surface area contributed by atoms with Crippen molar-refractivity contribution < 1.29 is 9.59 Å². The monoisotopic (exact) mass is 250 g/mol. The molecule has 1 aliphatic rings. The Morgan fingerprint density at radius 2 is 2.18 bits per heavy atom. The number of aryl methyl sites for hydroxylation is 1. The van der Waals surface area contributed by atoms with Crippen molar-refractivity contribution >= 4 is 35.8 Å². The molecule has 5 heteroatoms. The number of nitrogen functional groups attached to an aromatic ring is 1. The first-order valence-corrected chi connectivity index (χ1v) is 6.12. The number of carbonyl (C=O) groups excluding carboxylic acids is 2. The van der Waals surface area contributed by atoms with E-state index in [2.05, 4.69) is 12.6 Å². The summed E-state index contributed by atoms with van der Waals surface area (Å²) in [6.07, 6.45) is 1.26. The minimum absolute atomic E-state index is 0.144. The van der Waals surface area contributed by atoms with Crippen LogP contribution in [-0.4, -0.2) is 17.6 Å². The third kappa shape index (κ3) is 2.29. The molecule has 0 saturated heterocycles. The van der Waals surface area contributed by atoms with Crippen molar-refractivity contribution in [3.8, 4) is 0 Å². The maximum Gasteiger partial charge on any atom is 0.234 e. The maximum absolute atomic E-state index is 11.9. The van der Waals surface area contributed by atoms with Crippen molar-refractivity contribution in [3.05, 3.63) is 23.8 Å². The average Bonchev–Trinajstić information content (AvgIpc) is 2.29. The first-order chi connectivity index (χ1) is 8.13. The lowest BCUT2D eigenvalue weighted by Crippen LogP contribution is -2.40. The summed E-state index contributed by atoms with van der Waals surface area (Å²) in [5.41, 5.74) is 7.97. The number of rotatable bonds is 2. The molecule has 0 atom stereocenters. The first-order valence-electron chi connectivity index (χ1n) is 5.48. The lowest BCUT2D eigenvalue weighted by atomic mass is 10.00. The molecule has 0 spiro atoms. The Hall–Kier alpha value is -1.49. The highest BCUT2D eigenvalue weighted by Crippen LogP contribution is 2.30. The van der Waals surface area contributed by atoms with E-state index in [1.807, 2.05) is 6.07 Å². The van der Waals surface area contributed by atoms with Crippen LogP contribution in [0.4, 0.5) is 11.4 Å². The molecule has 0 aliphatic carbocycles. The number of hydrogen-bond acceptors (Lipinski definition) is 4. The van der Waals surface area contributed by atoms with E-state index in [4.69, 9.17) is 5.73 Å². The van der Waals surface area contributed by atoms with E-state index in [1.54, 1.807) is 12.1 Å². The normalized spacial score (nSPS) is 14.6. The predicted molar refractivity (Wildman–Crippen MR) is 70.1 cm³/mol. The summed E-state index contributed by atoms with van der Waals surface area (Å²) < 4.78 is 0. The SMILES string of the molecule is Nc1ccc2c(c1)CCC(=O)N2C(=O)CCS. The number of nitrogens with two attached hydrogens (primary N) is 1. The predicted octanol–water partition coefficient (Wildman–Crippen LogP) is 1.39. The standard InChI is InChI=1S/C12H14N2O2S/c13-9-2-3-10-8(7-9)1-4-11(15)14(10)12(16)5-6-17/h2-3,7,17H,1,4-6,13H2. The molecule has 90 valence electrons. The van der Waals surface area contributed by atoms with Gasteiger partial charge in [0.05, 0.1) is 5.69 Å². The molecule has 1 aromatic carbocycles. The molecular formula is C12H14N2O2S. The molecule has 1 aliphatic heterocycles. The Bertz CT molecular complexity index is 474. The van der Waals surface area contributed by atoms with Crippen LogP contribution in [0.2, 0.25) is 0 Å². The Labute approximate surface area is 105 Å². The van der Waals surface area contributed by atoms with Crippen LogP contribution in [0.1, 0.15) is 18.4 Å². The number of imide groups is 1. The zero-order valence-corrected chi connectivity index (χ0v) is 10.2. The van der Waals surface area contributed by atoms with Gasteiger partial charge in [0.1, 0.15) is 0 Å². The molecular weight excluding hydrogens is 236 g/mol. The highest BCUT2D eigenvalue weighted by molar-refractivity contribution is 7.80. The van der Waals surface area contributed by atoms with Gasteiger partial charge in [-0.1, -0.05) is 0 Å². The van der Waals surface area contributed by atoms with Crippen LogP contribution in [0.15, 0.2) is 18.2 Å². The van der Waals surface area contributed by atoms with E-state index in [-0.39, 0.29) is 18.2 Å². The molecule has 0 fully saturated rings. The van der Waals surface area contributed by atoms with Crippen LogP contribution >= 0.6 is 12.6 Å². The Kier molecular flexibility index (Phi) is 3.38. The number of nitrogens with zero attached hydrogens (tertiary/aromatic N) is 1. The van der Waals surface area contributed by atoms with E-state index >= 15 is 0 Å². The van der Waals surface area contributed by atoms with Gasteiger partial charge in [-0.3, -0.25) is 14.5 Å². The van der Waals surface area contributed by atoms with Gasteiger partial charge >= 0.3 is 0 Å². The minimum Gasteiger partial charge on any atom is -0.399 e. The third-order valence-corrected chi connectivity index (χ3v) is 3.00. The highest BCUT2D eigenvalue weighted by Gasteiger charge is 2.28. The van der Waals surface area contributed by atoms with Gasteiger partial charge in [-0.25, -0.2) is 0 Å². The van der Waals surface area contributed by atoms with Crippen LogP contribution < -0.4 is 10.6 Å². The fourth-order valence-corrected chi connectivity index (χ4v) is 2.18. The molecule has 0 bridgehead atoms. The minimum atomic E-state index is -0.198. The number of thiol groups is 1. The van der Waals surface area contributed by atoms with E-state index in [1.165, 1.54) is 4.90 Å². The highest BCUT2D eigenvalue weighted by atomic mass is 32.1. The zero-order chi connectivity index (χ0) is 12.4. The molecule has 1 aromatic rings. The van der Waals surface area contributed by atoms with E-state index < -0.39 is 0 Å². The lowest BCUT2D eigenvalue weighted by molar-refractivity contribution is -0.126. The Morgan fingerprint density at radius 1 is 1.41 bits per heavy atom. The van der Waals surface area contributed by atoms with Gasteiger partial charge in [0.25, 0.3) is 0 Å². The molecule has 2 amide bonds.